The first kappa shape index (κ1) is 23.6. The quantitative estimate of drug-likeness (QED) is 0.635. The second-order valence-corrected chi connectivity index (χ2v) is 11.1. The van der Waals surface area contributed by atoms with E-state index in [1.807, 2.05) is 29.2 Å². The van der Waals surface area contributed by atoms with E-state index in [0.29, 0.717) is 36.0 Å². The van der Waals surface area contributed by atoms with E-state index in [2.05, 4.69) is 34.0 Å². The smallest absolute Gasteiger partial charge is 0.231 e. The van der Waals surface area contributed by atoms with Gasteiger partial charge in [0.15, 0.2) is 0 Å². The van der Waals surface area contributed by atoms with Crippen LogP contribution in [0, 0.1) is 5.41 Å². The molecule has 2 unspecified atom stereocenters. The molecule has 3 aliphatic rings. The summed E-state index contributed by atoms with van der Waals surface area (Å²) in [7, 11) is 0. The van der Waals surface area contributed by atoms with E-state index in [4.69, 9.17) is 11.6 Å². The molecule has 1 amide bonds. The Labute approximate surface area is 208 Å². The number of hydrogen-bond acceptors (Lipinski definition) is 5. The summed E-state index contributed by atoms with van der Waals surface area (Å²) in [4.78, 5) is 27.3. The topological polar surface area (TPSA) is 61.4 Å². The number of carbonyl (C=O) groups is 1. The molecule has 1 aliphatic heterocycles. The van der Waals surface area contributed by atoms with E-state index in [9.17, 15) is 4.79 Å². The van der Waals surface area contributed by atoms with Crippen molar-refractivity contribution in [3.05, 3.63) is 52.4 Å². The molecule has 2 aliphatic carbocycles. The lowest BCUT2D eigenvalue weighted by Gasteiger charge is -2.40. The van der Waals surface area contributed by atoms with E-state index in [1.54, 1.807) is 6.33 Å². The van der Waals surface area contributed by atoms with Gasteiger partial charge in [0.25, 0.3) is 0 Å². The van der Waals surface area contributed by atoms with Gasteiger partial charge in [0.1, 0.15) is 12.1 Å². The van der Waals surface area contributed by atoms with Gasteiger partial charge in [-0.3, -0.25) is 4.79 Å². The summed E-state index contributed by atoms with van der Waals surface area (Å²) >= 11 is 6.13. The van der Waals surface area contributed by atoms with Crippen LogP contribution >= 0.6 is 11.6 Å². The number of anilines is 1. The van der Waals surface area contributed by atoms with Crippen molar-refractivity contribution < 1.29 is 4.79 Å². The van der Waals surface area contributed by atoms with E-state index >= 15 is 0 Å². The molecule has 0 bridgehead atoms. The zero-order valence-electron chi connectivity index (χ0n) is 20.4. The fraction of sp³-hybridized carbons (Fsp3) is 0.593. The summed E-state index contributed by atoms with van der Waals surface area (Å²) in [6.07, 6.45) is 7.75. The lowest BCUT2D eigenvalue weighted by Crippen LogP contribution is -2.51. The van der Waals surface area contributed by atoms with Gasteiger partial charge in [0.2, 0.25) is 5.91 Å². The molecular weight excluding hydrogens is 446 g/mol. The predicted molar refractivity (Wildman–Crippen MR) is 137 cm³/mol. The van der Waals surface area contributed by atoms with Crippen LogP contribution < -0.4 is 10.2 Å². The minimum absolute atomic E-state index is 0.198. The normalized spacial score (nSPS) is 22.3. The number of aromatic nitrogens is 2. The van der Waals surface area contributed by atoms with Crippen molar-refractivity contribution in [1.29, 1.82) is 0 Å². The number of aryl methyl sites for hydroxylation is 1. The van der Waals surface area contributed by atoms with Gasteiger partial charge >= 0.3 is 0 Å². The van der Waals surface area contributed by atoms with Crippen LogP contribution in [0.1, 0.15) is 68.2 Å². The maximum Gasteiger partial charge on any atom is 0.231 e. The third-order valence-corrected chi connectivity index (χ3v) is 8.43. The Hall–Kier alpha value is -2.18. The highest BCUT2D eigenvalue weighted by Crippen LogP contribution is 2.40. The van der Waals surface area contributed by atoms with Crippen molar-refractivity contribution in [2.45, 2.75) is 57.8 Å². The zero-order chi connectivity index (χ0) is 23.7. The Kier molecular flexibility index (Phi) is 6.81. The highest BCUT2D eigenvalue weighted by atomic mass is 35.5. The van der Waals surface area contributed by atoms with E-state index in [0.717, 1.165) is 43.9 Å². The summed E-state index contributed by atoms with van der Waals surface area (Å²) in [5.74, 6) is 1.58. The molecule has 2 fully saturated rings. The maximum atomic E-state index is 13.7. The van der Waals surface area contributed by atoms with E-state index in [1.165, 1.54) is 30.5 Å². The second-order valence-electron chi connectivity index (χ2n) is 10.7. The molecule has 2 heterocycles. The zero-order valence-corrected chi connectivity index (χ0v) is 21.2. The molecule has 5 rings (SSSR count). The van der Waals surface area contributed by atoms with Crippen LogP contribution in [-0.4, -0.2) is 60.0 Å². The molecule has 1 saturated carbocycles. The number of carbonyl (C=O) groups excluding carboxylic acids is 1. The Balaban J connectivity index is 1.26. The Bertz CT molecular complexity index is 1010. The first-order valence-corrected chi connectivity index (χ1v) is 13.1. The molecular formula is C27H36ClN5O. The van der Waals surface area contributed by atoms with Gasteiger partial charge < -0.3 is 15.1 Å². The number of halogens is 1. The van der Waals surface area contributed by atoms with Crippen LogP contribution in [0.5, 0.6) is 0 Å². The number of piperazine rings is 1. The molecule has 34 heavy (non-hydrogen) atoms. The van der Waals surface area contributed by atoms with Gasteiger partial charge in [-0.2, -0.15) is 0 Å². The molecule has 7 heteroatoms. The minimum atomic E-state index is -0.198. The monoisotopic (exact) mass is 481 g/mol. The maximum absolute atomic E-state index is 13.7. The molecule has 0 radical (unpaired) electrons. The van der Waals surface area contributed by atoms with Crippen LogP contribution in [0.4, 0.5) is 5.82 Å². The molecule has 2 atom stereocenters. The Morgan fingerprint density at radius 3 is 2.59 bits per heavy atom. The summed E-state index contributed by atoms with van der Waals surface area (Å²) < 4.78 is 0. The molecule has 1 aromatic heterocycles. The van der Waals surface area contributed by atoms with Gasteiger partial charge in [0, 0.05) is 55.5 Å². The number of fused-ring (bicyclic) bond motifs is 1. The first-order chi connectivity index (χ1) is 16.4. The highest BCUT2D eigenvalue weighted by molar-refractivity contribution is 6.30. The summed E-state index contributed by atoms with van der Waals surface area (Å²) in [6, 6.07) is 7.78. The standard InChI is InChI=1S/C27H36ClN5O/c1-19-4-9-23-24(19)25(31-18-30-23)32-12-14-33(15-13-32)26(34)22(20-5-7-21(28)8-6-20)16-29-17-27(2)10-3-11-27/h5-8,18-19,22,29H,3-4,9-17H2,1-2H3. The fourth-order valence-corrected chi connectivity index (χ4v) is 5.88. The van der Waals surface area contributed by atoms with Crippen LogP contribution in [0.25, 0.3) is 0 Å². The largest absolute Gasteiger partial charge is 0.353 e. The fourth-order valence-electron chi connectivity index (χ4n) is 5.75. The van der Waals surface area contributed by atoms with Crippen LogP contribution in [0.15, 0.2) is 30.6 Å². The van der Waals surface area contributed by atoms with Crippen LogP contribution in [0.3, 0.4) is 0 Å². The summed E-state index contributed by atoms with van der Waals surface area (Å²) in [5.41, 5.74) is 3.93. The molecule has 6 nitrogen and oxygen atoms in total. The number of amides is 1. The average molecular weight is 482 g/mol. The first-order valence-electron chi connectivity index (χ1n) is 12.8. The molecule has 2 aromatic rings. The van der Waals surface area contributed by atoms with Crippen molar-refractivity contribution in [2.24, 2.45) is 5.41 Å². The molecule has 182 valence electrons. The van der Waals surface area contributed by atoms with Crippen LogP contribution in [0.2, 0.25) is 5.02 Å². The van der Waals surface area contributed by atoms with Crippen LogP contribution in [-0.2, 0) is 11.2 Å². The van der Waals surface area contributed by atoms with Crippen molar-refractivity contribution >= 4 is 23.3 Å². The molecule has 0 spiro atoms. The number of benzene rings is 1. The van der Waals surface area contributed by atoms with E-state index < -0.39 is 0 Å². The Morgan fingerprint density at radius 2 is 1.91 bits per heavy atom. The molecule has 1 saturated heterocycles. The third-order valence-electron chi connectivity index (χ3n) is 8.17. The van der Waals surface area contributed by atoms with Gasteiger partial charge in [-0.25, -0.2) is 9.97 Å². The van der Waals surface area contributed by atoms with E-state index in [-0.39, 0.29) is 11.8 Å². The number of nitrogens with one attached hydrogen (secondary N) is 1. The number of nitrogens with zero attached hydrogens (tertiary/aromatic N) is 4. The van der Waals surface area contributed by atoms with Gasteiger partial charge in [0.05, 0.1) is 5.92 Å². The summed E-state index contributed by atoms with van der Waals surface area (Å²) in [6.45, 7) is 9.28. The molecule has 1 aromatic carbocycles. The van der Waals surface area contributed by atoms with Crippen molar-refractivity contribution in [1.82, 2.24) is 20.2 Å². The second kappa shape index (κ2) is 9.82. The molecule has 1 N–H and O–H groups in total. The van der Waals surface area contributed by atoms with Crippen molar-refractivity contribution in [3.63, 3.8) is 0 Å². The van der Waals surface area contributed by atoms with Gasteiger partial charge in [-0.15, -0.1) is 0 Å². The lowest BCUT2D eigenvalue weighted by molar-refractivity contribution is -0.133. The lowest BCUT2D eigenvalue weighted by atomic mass is 9.70. The third kappa shape index (κ3) is 4.80. The number of hydrogen-bond donors (Lipinski definition) is 1. The summed E-state index contributed by atoms with van der Waals surface area (Å²) in [5, 5.41) is 4.32. The van der Waals surface area contributed by atoms with Gasteiger partial charge in [-0.05, 0) is 54.7 Å². The number of rotatable bonds is 7. The van der Waals surface area contributed by atoms with Gasteiger partial charge in [-0.1, -0.05) is 44.0 Å². The minimum Gasteiger partial charge on any atom is -0.353 e. The van der Waals surface area contributed by atoms with Crippen molar-refractivity contribution in [2.75, 3.05) is 44.2 Å². The highest BCUT2D eigenvalue weighted by Gasteiger charge is 2.34. The van der Waals surface area contributed by atoms with Crippen molar-refractivity contribution in [3.8, 4) is 0 Å². The Morgan fingerprint density at radius 1 is 1.18 bits per heavy atom. The predicted octanol–water partition coefficient (Wildman–Crippen LogP) is 4.39. The average Bonchev–Trinajstić information content (AvgIpc) is 3.22. The SMILES string of the molecule is CC1CCc2ncnc(N3CCN(C(=O)C(CNCC4(C)CCC4)c4ccc(Cl)cc4)CC3)c21.